The maximum Gasteiger partial charge on any atom is 0.312 e. The molecule has 23 heavy (non-hydrogen) atoms. The summed E-state index contributed by atoms with van der Waals surface area (Å²) < 4.78 is 5.37. The lowest BCUT2D eigenvalue weighted by Gasteiger charge is -2.30. The van der Waals surface area contributed by atoms with Gasteiger partial charge in [0.1, 0.15) is 0 Å². The number of primary amides is 1. The van der Waals surface area contributed by atoms with Crippen molar-refractivity contribution >= 4 is 17.4 Å². The summed E-state index contributed by atoms with van der Waals surface area (Å²) in [7, 11) is 2.05. The van der Waals surface area contributed by atoms with Crippen molar-refractivity contribution < 1.29 is 9.32 Å². The van der Waals surface area contributed by atoms with Crippen LogP contribution in [0.1, 0.15) is 28.7 Å². The van der Waals surface area contributed by atoms with E-state index in [0.29, 0.717) is 18.1 Å². The van der Waals surface area contributed by atoms with E-state index in [1.165, 1.54) is 0 Å². The van der Waals surface area contributed by atoms with Crippen LogP contribution in [0.2, 0.25) is 0 Å². The molecule has 0 bridgehead atoms. The summed E-state index contributed by atoms with van der Waals surface area (Å²) in [5.74, 6) is 1.16. The molecule has 124 valence electrons. The lowest BCUT2D eigenvalue weighted by molar-refractivity contribution is 0.190. The molecule has 2 aromatic heterocycles. The monoisotopic (exact) mass is 336 g/mol. The van der Waals surface area contributed by atoms with Gasteiger partial charge in [-0.15, -0.1) is 11.3 Å². The number of nitrogens with two attached hydrogens (primary N) is 1. The molecule has 2 amide bonds. The summed E-state index contributed by atoms with van der Waals surface area (Å²) >= 11 is 1.55. The Balaban J connectivity index is 1.72. The van der Waals surface area contributed by atoms with Crippen molar-refractivity contribution in [3.63, 3.8) is 0 Å². The molecule has 2 atom stereocenters. The van der Waals surface area contributed by atoms with E-state index < -0.39 is 6.03 Å². The van der Waals surface area contributed by atoms with E-state index in [-0.39, 0.29) is 12.1 Å². The Labute approximate surface area is 138 Å². The minimum atomic E-state index is -0.570. The zero-order valence-electron chi connectivity index (χ0n) is 12.9. The van der Waals surface area contributed by atoms with Crippen LogP contribution < -0.4 is 16.4 Å². The maximum atomic E-state index is 11.2. The lowest BCUT2D eigenvalue weighted by Crippen LogP contribution is -2.44. The van der Waals surface area contributed by atoms with Gasteiger partial charge in [-0.25, -0.2) is 4.79 Å². The number of nitrogens with one attached hydrogen (secondary N) is 2. The van der Waals surface area contributed by atoms with Crippen molar-refractivity contribution in [2.75, 3.05) is 26.7 Å². The van der Waals surface area contributed by atoms with Crippen molar-refractivity contribution in [3.8, 4) is 0 Å². The molecule has 9 heteroatoms. The Morgan fingerprint density at radius 2 is 2.57 bits per heavy atom. The van der Waals surface area contributed by atoms with E-state index in [2.05, 4.69) is 25.7 Å². The van der Waals surface area contributed by atoms with Gasteiger partial charge in [-0.05, 0) is 18.5 Å². The van der Waals surface area contributed by atoms with E-state index in [1.54, 1.807) is 11.3 Å². The van der Waals surface area contributed by atoms with Crippen molar-refractivity contribution in [2.45, 2.75) is 18.5 Å². The van der Waals surface area contributed by atoms with E-state index >= 15 is 0 Å². The number of urea groups is 1. The fourth-order valence-corrected chi connectivity index (χ4v) is 3.42. The SMILES string of the molecule is CN1CCNCC1c1noc(CC(NC(N)=O)c2cccs2)n1. The first kappa shape index (κ1) is 15.9. The number of aromatic nitrogens is 2. The van der Waals surface area contributed by atoms with Crippen molar-refractivity contribution in [1.82, 2.24) is 25.7 Å². The fraction of sp³-hybridized carbons (Fsp3) is 0.500. The van der Waals surface area contributed by atoms with Gasteiger partial charge in [-0.2, -0.15) is 4.98 Å². The molecule has 8 nitrogen and oxygen atoms in total. The third kappa shape index (κ3) is 3.87. The van der Waals surface area contributed by atoms with Crippen LogP contribution >= 0.6 is 11.3 Å². The smallest absolute Gasteiger partial charge is 0.312 e. The predicted octanol–water partition coefficient (Wildman–Crippen LogP) is 0.659. The van der Waals surface area contributed by atoms with Gasteiger partial charge in [0.05, 0.1) is 18.5 Å². The quantitative estimate of drug-likeness (QED) is 0.740. The normalized spacial score (nSPS) is 20.3. The molecule has 2 aromatic rings. The molecule has 1 saturated heterocycles. The van der Waals surface area contributed by atoms with Crippen LogP contribution in [0.15, 0.2) is 22.0 Å². The fourth-order valence-electron chi connectivity index (χ4n) is 2.64. The number of rotatable bonds is 5. The molecule has 0 saturated carbocycles. The van der Waals surface area contributed by atoms with Gasteiger partial charge >= 0.3 is 6.03 Å². The van der Waals surface area contributed by atoms with Gasteiger partial charge in [-0.3, -0.25) is 4.90 Å². The number of hydrogen-bond donors (Lipinski definition) is 3. The zero-order chi connectivity index (χ0) is 16.2. The summed E-state index contributed by atoms with van der Waals surface area (Å²) in [5, 5.41) is 12.1. The van der Waals surface area contributed by atoms with Gasteiger partial charge in [0.15, 0.2) is 5.82 Å². The van der Waals surface area contributed by atoms with E-state index in [1.807, 2.05) is 24.6 Å². The number of hydrogen-bond acceptors (Lipinski definition) is 7. The Hall–Kier alpha value is -1.97. The second-order valence-corrected chi connectivity index (χ2v) is 6.51. The van der Waals surface area contributed by atoms with Gasteiger partial charge < -0.3 is 20.9 Å². The number of piperazine rings is 1. The Bertz CT molecular complexity index is 643. The molecule has 3 heterocycles. The van der Waals surface area contributed by atoms with Crippen LogP contribution in [0.25, 0.3) is 0 Å². The molecular weight excluding hydrogens is 316 g/mol. The molecule has 4 N–H and O–H groups in total. The van der Waals surface area contributed by atoms with Crippen LogP contribution in [0.4, 0.5) is 4.79 Å². The van der Waals surface area contributed by atoms with E-state index in [0.717, 1.165) is 24.5 Å². The standard InChI is InChI=1S/C14H20N6O2S/c1-20-5-4-16-8-10(20)13-18-12(22-19-13)7-9(17-14(15)21)11-3-2-6-23-11/h2-3,6,9-10,16H,4-5,7-8H2,1H3,(H3,15,17,21). The van der Waals surface area contributed by atoms with E-state index in [4.69, 9.17) is 10.3 Å². The molecule has 0 radical (unpaired) electrons. The molecule has 1 aliphatic heterocycles. The maximum absolute atomic E-state index is 11.2. The first-order valence-corrected chi connectivity index (χ1v) is 8.34. The van der Waals surface area contributed by atoms with Gasteiger partial charge in [-0.1, -0.05) is 11.2 Å². The summed E-state index contributed by atoms with van der Waals surface area (Å²) in [6.07, 6.45) is 0.417. The summed E-state index contributed by atoms with van der Waals surface area (Å²) in [6, 6.07) is 3.15. The van der Waals surface area contributed by atoms with Gasteiger partial charge in [0.25, 0.3) is 0 Å². The molecular formula is C14H20N6O2S. The third-order valence-electron chi connectivity index (χ3n) is 3.87. The van der Waals surface area contributed by atoms with Crippen LogP contribution in [0.3, 0.4) is 0 Å². The number of amides is 2. The summed E-state index contributed by atoms with van der Waals surface area (Å²) in [5.41, 5.74) is 5.27. The number of likely N-dealkylation sites (N-methyl/N-ethyl adjacent to an activating group) is 1. The zero-order valence-corrected chi connectivity index (χ0v) is 13.7. The highest BCUT2D eigenvalue weighted by molar-refractivity contribution is 7.10. The van der Waals surface area contributed by atoms with Crippen LogP contribution in [0, 0.1) is 0 Å². The van der Waals surface area contributed by atoms with Crippen LogP contribution in [-0.2, 0) is 6.42 Å². The van der Waals surface area contributed by atoms with Gasteiger partial charge in [0, 0.05) is 24.5 Å². The minimum Gasteiger partial charge on any atom is -0.352 e. The Morgan fingerprint density at radius 3 is 3.26 bits per heavy atom. The van der Waals surface area contributed by atoms with E-state index in [9.17, 15) is 4.79 Å². The van der Waals surface area contributed by atoms with Crippen LogP contribution in [0.5, 0.6) is 0 Å². The molecule has 1 fully saturated rings. The van der Waals surface area contributed by atoms with Crippen molar-refractivity contribution in [2.24, 2.45) is 5.73 Å². The first-order chi connectivity index (χ1) is 11.1. The van der Waals surface area contributed by atoms with Crippen LogP contribution in [-0.4, -0.2) is 47.8 Å². The Kier molecular flexibility index (Phi) is 4.89. The molecule has 2 unspecified atom stereocenters. The van der Waals surface area contributed by atoms with Gasteiger partial charge in [0.2, 0.25) is 5.89 Å². The number of carbonyl (C=O) groups excluding carboxylic acids is 1. The largest absolute Gasteiger partial charge is 0.352 e. The number of nitrogens with zero attached hydrogens (tertiary/aromatic N) is 3. The highest BCUT2D eigenvalue weighted by Gasteiger charge is 2.26. The average molecular weight is 336 g/mol. The highest BCUT2D eigenvalue weighted by atomic mass is 32.1. The highest BCUT2D eigenvalue weighted by Crippen LogP contribution is 2.24. The first-order valence-electron chi connectivity index (χ1n) is 7.46. The number of thiophene rings is 1. The molecule has 0 aliphatic carbocycles. The molecule has 1 aliphatic rings. The molecule has 3 rings (SSSR count). The predicted molar refractivity (Wildman–Crippen MR) is 86.0 cm³/mol. The lowest BCUT2D eigenvalue weighted by atomic mass is 10.1. The number of carbonyl (C=O) groups is 1. The summed E-state index contributed by atoms with van der Waals surface area (Å²) in [6.45, 7) is 2.69. The van der Waals surface area contributed by atoms with Crippen molar-refractivity contribution in [1.29, 1.82) is 0 Å². The average Bonchev–Trinajstić information content (AvgIpc) is 3.18. The second-order valence-electron chi connectivity index (χ2n) is 5.53. The minimum absolute atomic E-state index is 0.102. The molecule has 0 aromatic carbocycles. The molecule has 0 spiro atoms. The third-order valence-corrected chi connectivity index (χ3v) is 4.86. The summed E-state index contributed by atoms with van der Waals surface area (Å²) in [4.78, 5) is 18.9. The topological polar surface area (TPSA) is 109 Å². The Morgan fingerprint density at radius 1 is 1.70 bits per heavy atom. The second kappa shape index (κ2) is 7.07. The van der Waals surface area contributed by atoms with Crippen molar-refractivity contribution in [3.05, 3.63) is 34.1 Å².